The van der Waals surface area contributed by atoms with Gasteiger partial charge in [-0.1, -0.05) is 45.4 Å². The van der Waals surface area contributed by atoms with E-state index in [1.54, 1.807) is 18.2 Å². The van der Waals surface area contributed by atoms with Crippen LogP contribution >= 0.6 is 0 Å². The number of benzene rings is 1. The Kier molecular flexibility index (Phi) is 17.0. The van der Waals surface area contributed by atoms with Crippen LogP contribution < -0.4 is 26.3 Å². The van der Waals surface area contributed by atoms with Crippen LogP contribution in [0.25, 0.3) is 0 Å². The molecule has 0 spiro atoms. The molecule has 0 unspecified atom stereocenters. The summed E-state index contributed by atoms with van der Waals surface area (Å²) in [5.74, 6) is 0.798. The first-order valence-electron chi connectivity index (χ1n) is 11.1. The van der Waals surface area contributed by atoms with Crippen LogP contribution in [0.1, 0.15) is 64.9 Å². The van der Waals surface area contributed by atoms with E-state index in [0.29, 0.717) is 30.4 Å². The van der Waals surface area contributed by atoms with Crippen LogP contribution in [-0.2, 0) is 16.1 Å². The van der Waals surface area contributed by atoms with Crippen LogP contribution in [0.15, 0.2) is 30.4 Å². The van der Waals surface area contributed by atoms with E-state index in [0.717, 1.165) is 31.4 Å². The van der Waals surface area contributed by atoms with Crippen molar-refractivity contribution in [3.8, 4) is 11.5 Å². The van der Waals surface area contributed by atoms with Gasteiger partial charge in [0, 0.05) is 13.0 Å². The second kappa shape index (κ2) is 18.4. The van der Waals surface area contributed by atoms with Crippen molar-refractivity contribution in [1.82, 2.24) is 5.32 Å². The van der Waals surface area contributed by atoms with E-state index in [4.69, 9.17) is 20.9 Å². The number of methoxy groups -OCH3 is 1. The van der Waals surface area contributed by atoms with Gasteiger partial charge in [-0.15, -0.1) is 0 Å². The number of allylic oxidation sites excluding steroid dienone is 2. The van der Waals surface area contributed by atoms with Crippen LogP contribution in [0.4, 0.5) is 0 Å². The lowest BCUT2D eigenvalue weighted by Gasteiger charge is -2.11. The number of carbonyl (C=O) groups is 2. The van der Waals surface area contributed by atoms with Gasteiger partial charge >= 0.3 is 5.97 Å². The number of amides is 1. The number of ether oxygens (including phenoxy) is 2. The molecule has 0 fully saturated rings. The molecule has 0 aliphatic heterocycles. The molecule has 0 bridgehead atoms. The first kappa shape index (κ1) is 28.6. The normalized spacial score (nSPS) is 10.5. The molecular formula is C24H41N3O4. The van der Waals surface area contributed by atoms with Gasteiger partial charge < -0.3 is 26.3 Å². The maximum absolute atomic E-state index is 11.9. The van der Waals surface area contributed by atoms with Crippen molar-refractivity contribution in [2.24, 2.45) is 17.4 Å². The zero-order valence-electron chi connectivity index (χ0n) is 19.6. The lowest BCUT2D eigenvalue weighted by Crippen LogP contribution is -2.22. The van der Waals surface area contributed by atoms with E-state index in [1.807, 2.05) is 0 Å². The molecular weight excluding hydrogens is 394 g/mol. The Balaban J connectivity index is 0.00000161. The highest BCUT2D eigenvalue weighted by Crippen LogP contribution is 2.28. The van der Waals surface area contributed by atoms with Crippen LogP contribution in [0, 0.1) is 5.92 Å². The fourth-order valence-corrected chi connectivity index (χ4v) is 2.48. The standard InChI is InChI=1S/C20H30N2O4.C4H11N/c1-15(2)8-6-4-5-7-9-19(23)22-14-16-10-11-17(18(12-16)25-3)26-20(24)13-21;1-2-3-4-5/h6,8,10-12,15H,4-5,7,9,13-14,21H2,1-3H3,(H,22,23);2-5H2,1H3/b8-6+;. The van der Waals surface area contributed by atoms with Gasteiger partial charge in [0.15, 0.2) is 11.5 Å². The average molecular weight is 436 g/mol. The van der Waals surface area contributed by atoms with Gasteiger partial charge in [0.25, 0.3) is 0 Å². The highest BCUT2D eigenvalue weighted by molar-refractivity contribution is 5.76. The summed E-state index contributed by atoms with van der Waals surface area (Å²) in [6.45, 7) is 7.46. The molecule has 0 atom stereocenters. The van der Waals surface area contributed by atoms with Crippen LogP contribution in [-0.4, -0.2) is 32.1 Å². The Morgan fingerprint density at radius 1 is 1.13 bits per heavy atom. The van der Waals surface area contributed by atoms with Gasteiger partial charge in [0.05, 0.1) is 13.7 Å². The third-order valence-corrected chi connectivity index (χ3v) is 4.21. The fourth-order valence-electron chi connectivity index (χ4n) is 2.48. The number of hydrogen-bond donors (Lipinski definition) is 3. The number of carbonyl (C=O) groups excluding carboxylic acids is 2. The molecule has 0 aliphatic rings. The van der Waals surface area contributed by atoms with Crippen molar-refractivity contribution < 1.29 is 19.1 Å². The number of nitrogens with two attached hydrogens (primary N) is 2. The van der Waals surface area contributed by atoms with E-state index in [1.165, 1.54) is 20.0 Å². The molecule has 0 aliphatic carbocycles. The second-order valence-corrected chi connectivity index (χ2v) is 7.50. The van der Waals surface area contributed by atoms with Crippen molar-refractivity contribution in [1.29, 1.82) is 0 Å². The molecule has 0 aromatic heterocycles. The fraction of sp³-hybridized carbons (Fsp3) is 0.583. The lowest BCUT2D eigenvalue weighted by molar-refractivity contribution is -0.132. The minimum absolute atomic E-state index is 0.0236. The number of rotatable bonds is 13. The van der Waals surface area contributed by atoms with E-state index >= 15 is 0 Å². The molecule has 176 valence electrons. The predicted molar refractivity (Wildman–Crippen MR) is 126 cm³/mol. The molecule has 1 aromatic carbocycles. The molecule has 1 amide bonds. The summed E-state index contributed by atoms with van der Waals surface area (Å²) in [7, 11) is 1.49. The van der Waals surface area contributed by atoms with Gasteiger partial charge in [-0.3, -0.25) is 9.59 Å². The first-order valence-corrected chi connectivity index (χ1v) is 11.1. The Hall–Kier alpha value is -2.38. The Labute approximate surface area is 187 Å². The number of nitrogens with one attached hydrogen (secondary N) is 1. The van der Waals surface area contributed by atoms with Crippen molar-refractivity contribution in [2.75, 3.05) is 20.2 Å². The average Bonchev–Trinajstić information content (AvgIpc) is 2.76. The zero-order valence-corrected chi connectivity index (χ0v) is 19.6. The van der Waals surface area contributed by atoms with E-state index < -0.39 is 5.97 Å². The molecule has 31 heavy (non-hydrogen) atoms. The lowest BCUT2D eigenvalue weighted by atomic mass is 10.1. The number of hydrogen-bond acceptors (Lipinski definition) is 6. The SMILES string of the molecule is CCCCN.COc1cc(CNC(=O)CCCC/C=C/C(C)C)ccc1OC(=O)CN. The summed E-state index contributed by atoms with van der Waals surface area (Å²) in [4.78, 5) is 23.2. The summed E-state index contributed by atoms with van der Waals surface area (Å²) < 4.78 is 10.3. The zero-order chi connectivity index (χ0) is 23.5. The highest BCUT2D eigenvalue weighted by Gasteiger charge is 2.10. The molecule has 7 heteroatoms. The molecule has 7 nitrogen and oxygen atoms in total. The summed E-state index contributed by atoms with van der Waals surface area (Å²) >= 11 is 0. The molecule has 5 N–H and O–H groups in total. The third kappa shape index (κ3) is 15.1. The van der Waals surface area contributed by atoms with Gasteiger partial charge in [-0.05, 0) is 55.8 Å². The minimum atomic E-state index is -0.535. The quantitative estimate of drug-likeness (QED) is 0.188. The van der Waals surface area contributed by atoms with Crippen molar-refractivity contribution in [2.45, 2.75) is 65.8 Å². The smallest absolute Gasteiger partial charge is 0.325 e. The van der Waals surface area contributed by atoms with Crippen LogP contribution in [0.2, 0.25) is 0 Å². The predicted octanol–water partition coefficient (Wildman–Crippen LogP) is 3.69. The Morgan fingerprint density at radius 3 is 2.42 bits per heavy atom. The largest absolute Gasteiger partial charge is 0.493 e. The van der Waals surface area contributed by atoms with Crippen molar-refractivity contribution >= 4 is 11.9 Å². The molecule has 0 saturated carbocycles. The second-order valence-electron chi connectivity index (χ2n) is 7.50. The molecule has 0 saturated heterocycles. The van der Waals surface area contributed by atoms with Gasteiger partial charge in [0.1, 0.15) is 0 Å². The molecule has 1 aromatic rings. The summed E-state index contributed by atoms with van der Waals surface area (Å²) in [6.07, 6.45) is 10.1. The highest BCUT2D eigenvalue weighted by atomic mass is 16.6. The van der Waals surface area contributed by atoms with Crippen molar-refractivity contribution in [3.05, 3.63) is 35.9 Å². The monoisotopic (exact) mass is 435 g/mol. The summed E-state index contributed by atoms with van der Waals surface area (Å²) in [5.41, 5.74) is 11.2. The van der Waals surface area contributed by atoms with Crippen LogP contribution in [0.5, 0.6) is 11.5 Å². The van der Waals surface area contributed by atoms with E-state index in [2.05, 4.69) is 38.2 Å². The van der Waals surface area contributed by atoms with Gasteiger partial charge in [0.2, 0.25) is 5.91 Å². The maximum Gasteiger partial charge on any atom is 0.325 e. The number of unbranched alkanes of at least 4 members (excludes halogenated alkanes) is 3. The van der Waals surface area contributed by atoms with Crippen molar-refractivity contribution in [3.63, 3.8) is 0 Å². The minimum Gasteiger partial charge on any atom is -0.493 e. The summed E-state index contributed by atoms with van der Waals surface area (Å²) in [5, 5.41) is 2.89. The van der Waals surface area contributed by atoms with Crippen LogP contribution in [0.3, 0.4) is 0 Å². The van der Waals surface area contributed by atoms with E-state index in [-0.39, 0.29) is 12.5 Å². The Morgan fingerprint density at radius 2 is 1.87 bits per heavy atom. The first-order chi connectivity index (χ1) is 14.9. The van der Waals surface area contributed by atoms with Gasteiger partial charge in [-0.25, -0.2) is 0 Å². The number of esters is 1. The third-order valence-electron chi connectivity index (χ3n) is 4.21. The topological polar surface area (TPSA) is 117 Å². The van der Waals surface area contributed by atoms with E-state index in [9.17, 15) is 9.59 Å². The van der Waals surface area contributed by atoms with Gasteiger partial charge in [-0.2, -0.15) is 0 Å². The molecule has 1 rings (SSSR count). The molecule has 0 radical (unpaired) electrons. The summed E-state index contributed by atoms with van der Waals surface area (Å²) in [6, 6.07) is 5.14. The Bertz CT molecular complexity index is 658. The molecule has 0 heterocycles. The maximum atomic E-state index is 11.9.